The monoisotopic (exact) mass is 305 g/mol. The second-order valence-corrected chi connectivity index (χ2v) is 6.24. The molecule has 2 fully saturated rings. The summed E-state index contributed by atoms with van der Waals surface area (Å²) in [5, 5.41) is 10.8. The van der Waals surface area contributed by atoms with Gasteiger partial charge in [0.05, 0.1) is 17.3 Å². The van der Waals surface area contributed by atoms with Gasteiger partial charge in [-0.3, -0.25) is 4.79 Å². The van der Waals surface area contributed by atoms with Crippen LogP contribution in [0.1, 0.15) is 25.3 Å². The Bertz CT molecular complexity index is 899. The van der Waals surface area contributed by atoms with Crippen molar-refractivity contribution in [1.82, 2.24) is 4.90 Å². The topological polar surface area (TPSA) is 64.4 Å². The molecule has 5 heteroatoms. The first-order valence-corrected chi connectivity index (χ1v) is 7.66. The van der Waals surface area contributed by atoms with Crippen LogP contribution in [0.3, 0.4) is 0 Å². The van der Waals surface area contributed by atoms with Crippen molar-refractivity contribution in [3.05, 3.63) is 42.0 Å². The maximum Gasteiger partial charge on any atom is 0.332 e. The molecule has 3 amide bonds. The van der Waals surface area contributed by atoms with Crippen LogP contribution in [0.4, 0.5) is 10.5 Å². The first-order valence-electron chi connectivity index (χ1n) is 7.66. The zero-order valence-corrected chi connectivity index (χ0v) is 12.7. The molecule has 1 atom stereocenters. The number of rotatable bonds is 1. The first-order chi connectivity index (χ1) is 11.1. The van der Waals surface area contributed by atoms with Crippen LogP contribution in [0.15, 0.2) is 36.4 Å². The summed E-state index contributed by atoms with van der Waals surface area (Å²) in [6.07, 6.45) is 1.55. The Hall–Kier alpha value is -2.87. The lowest BCUT2D eigenvalue weighted by atomic mass is 9.98. The van der Waals surface area contributed by atoms with Crippen LogP contribution in [0.5, 0.6) is 0 Å². The summed E-state index contributed by atoms with van der Waals surface area (Å²) in [6, 6.07) is 12.6. The molecule has 2 aliphatic heterocycles. The van der Waals surface area contributed by atoms with Crippen molar-refractivity contribution in [3.8, 4) is 6.07 Å². The quantitative estimate of drug-likeness (QED) is 0.761. The molecule has 0 aliphatic carbocycles. The van der Waals surface area contributed by atoms with E-state index in [0.717, 1.165) is 17.2 Å². The van der Waals surface area contributed by atoms with Crippen molar-refractivity contribution in [1.29, 1.82) is 5.26 Å². The number of anilines is 1. The van der Waals surface area contributed by atoms with Gasteiger partial charge in [0.2, 0.25) is 0 Å². The first kappa shape index (κ1) is 13.8. The molecule has 0 radical (unpaired) electrons. The number of fused-ring (bicyclic) bond motifs is 2. The molecule has 0 unspecified atom stereocenters. The highest BCUT2D eigenvalue weighted by Crippen LogP contribution is 2.41. The fourth-order valence-corrected chi connectivity index (χ4v) is 3.73. The Morgan fingerprint density at radius 1 is 1.13 bits per heavy atom. The van der Waals surface area contributed by atoms with E-state index < -0.39 is 5.54 Å². The molecule has 4 rings (SSSR count). The number of carbonyl (C=O) groups is 2. The number of nitrogens with zero attached hydrogens (tertiary/aromatic N) is 3. The number of hydrogen-bond donors (Lipinski definition) is 0. The number of hydrogen-bond acceptors (Lipinski definition) is 3. The third-order valence-electron chi connectivity index (χ3n) is 4.99. The van der Waals surface area contributed by atoms with E-state index in [0.29, 0.717) is 24.2 Å². The van der Waals surface area contributed by atoms with Gasteiger partial charge in [0.1, 0.15) is 5.54 Å². The zero-order valence-electron chi connectivity index (χ0n) is 12.7. The van der Waals surface area contributed by atoms with E-state index in [2.05, 4.69) is 6.07 Å². The highest BCUT2D eigenvalue weighted by atomic mass is 16.2. The van der Waals surface area contributed by atoms with E-state index in [9.17, 15) is 14.9 Å². The molecule has 0 bridgehead atoms. The van der Waals surface area contributed by atoms with E-state index in [-0.39, 0.29) is 11.9 Å². The summed E-state index contributed by atoms with van der Waals surface area (Å²) in [5.74, 6) is -0.171. The number of carbonyl (C=O) groups excluding carboxylic acids is 2. The number of imide groups is 1. The van der Waals surface area contributed by atoms with Crippen LogP contribution in [0.2, 0.25) is 0 Å². The van der Waals surface area contributed by atoms with Crippen LogP contribution >= 0.6 is 0 Å². The van der Waals surface area contributed by atoms with E-state index in [1.807, 2.05) is 31.2 Å². The van der Waals surface area contributed by atoms with E-state index in [4.69, 9.17) is 0 Å². The Balaban J connectivity index is 1.93. The van der Waals surface area contributed by atoms with Crippen LogP contribution in [-0.2, 0) is 4.79 Å². The summed E-state index contributed by atoms with van der Waals surface area (Å²) in [6.45, 7) is 2.46. The fourth-order valence-electron chi connectivity index (χ4n) is 3.73. The van der Waals surface area contributed by atoms with Crippen LogP contribution in [-0.4, -0.2) is 28.9 Å². The van der Waals surface area contributed by atoms with Crippen molar-refractivity contribution in [2.24, 2.45) is 0 Å². The predicted molar refractivity (Wildman–Crippen MR) is 85.9 cm³/mol. The third kappa shape index (κ3) is 1.66. The molecule has 5 nitrogen and oxygen atoms in total. The van der Waals surface area contributed by atoms with Crippen molar-refractivity contribution in [2.45, 2.75) is 25.3 Å². The number of benzene rings is 2. The summed E-state index contributed by atoms with van der Waals surface area (Å²) in [5.41, 5.74) is 0.368. The Morgan fingerprint density at radius 2 is 1.87 bits per heavy atom. The largest absolute Gasteiger partial charge is 0.332 e. The average Bonchev–Trinajstić information content (AvgIpc) is 3.04. The van der Waals surface area contributed by atoms with Crippen molar-refractivity contribution in [2.75, 3.05) is 11.4 Å². The van der Waals surface area contributed by atoms with Gasteiger partial charge in [-0.1, -0.05) is 24.3 Å². The van der Waals surface area contributed by atoms with E-state index in [1.165, 1.54) is 4.90 Å². The lowest BCUT2D eigenvalue weighted by Gasteiger charge is -2.22. The maximum absolute atomic E-state index is 12.9. The maximum atomic E-state index is 12.9. The zero-order chi connectivity index (χ0) is 16.2. The molecule has 0 aromatic heterocycles. The van der Waals surface area contributed by atoms with Gasteiger partial charge in [-0.25, -0.2) is 9.69 Å². The molecular weight excluding hydrogens is 290 g/mol. The molecular formula is C18H15N3O2. The molecule has 23 heavy (non-hydrogen) atoms. The van der Waals surface area contributed by atoms with Gasteiger partial charge < -0.3 is 4.90 Å². The molecule has 2 aromatic carbocycles. The molecule has 0 spiro atoms. The molecule has 2 heterocycles. The van der Waals surface area contributed by atoms with Crippen molar-refractivity contribution in [3.63, 3.8) is 0 Å². The van der Waals surface area contributed by atoms with Gasteiger partial charge in [-0.2, -0.15) is 5.26 Å². The summed E-state index contributed by atoms with van der Waals surface area (Å²) in [4.78, 5) is 28.6. The standard InChI is InChI=1S/C18H15N3O2/c1-18-9-4-10-20(18)17(23)21(16(18)22)15-8-7-12(11-19)13-5-2-3-6-14(13)15/h2-3,5-8H,4,9-10H2,1H3/t18-/m1/s1. The van der Waals surface area contributed by atoms with Gasteiger partial charge in [0.25, 0.3) is 5.91 Å². The fraction of sp³-hybridized carbons (Fsp3) is 0.278. The second-order valence-electron chi connectivity index (χ2n) is 6.24. The third-order valence-corrected chi connectivity index (χ3v) is 4.99. The van der Waals surface area contributed by atoms with E-state index in [1.54, 1.807) is 17.0 Å². The Kier molecular flexibility index (Phi) is 2.73. The summed E-state index contributed by atoms with van der Waals surface area (Å²) < 4.78 is 0. The molecule has 0 saturated carbocycles. The van der Waals surface area contributed by atoms with Crippen LogP contribution in [0, 0.1) is 11.3 Å². The molecule has 2 saturated heterocycles. The lowest BCUT2D eigenvalue weighted by Crippen LogP contribution is -2.41. The highest BCUT2D eigenvalue weighted by molar-refractivity contribution is 6.26. The van der Waals surface area contributed by atoms with Gasteiger partial charge in [0.15, 0.2) is 0 Å². The number of nitriles is 1. The van der Waals surface area contributed by atoms with Crippen molar-refractivity contribution >= 4 is 28.4 Å². The van der Waals surface area contributed by atoms with Crippen LogP contribution < -0.4 is 4.90 Å². The van der Waals surface area contributed by atoms with Crippen molar-refractivity contribution < 1.29 is 9.59 Å². The normalized spacial score (nSPS) is 23.5. The molecule has 2 aliphatic rings. The van der Waals surface area contributed by atoms with Gasteiger partial charge in [-0.05, 0) is 31.9 Å². The minimum atomic E-state index is -0.730. The van der Waals surface area contributed by atoms with Gasteiger partial charge >= 0.3 is 6.03 Å². The smallest absolute Gasteiger partial charge is 0.309 e. The molecule has 114 valence electrons. The minimum absolute atomic E-state index is 0.171. The lowest BCUT2D eigenvalue weighted by molar-refractivity contribution is -0.123. The summed E-state index contributed by atoms with van der Waals surface area (Å²) in [7, 11) is 0. The second kappa shape index (κ2) is 4.56. The molecule has 2 aromatic rings. The number of urea groups is 1. The minimum Gasteiger partial charge on any atom is -0.309 e. The van der Waals surface area contributed by atoms with E-state index >= 15 is 0 Å². The Labute approximate surface area is 133 Å². The number of amides is 3. The highest BCUT2D eigenvalue weighted by Gasteiger charge is 2.57. The Morgan fingerprint density at radius 3 is 2.57 bits per heavy atom. The average molecular weight is 305 g/mol. The van der Waals surface area contributed by atoms with Crippen LogP contribution in [0.25, 0.3) is 10.8 Å². The SMILES string of the molecule is C[C@]12CCCN1C(=O)N(c1ccc(C#N)c3ccccc13)C2=O. The van der Waals surface area contributed by atoms with Gasteiger partial charge in [-0.15, -0.1) is 0 Å². The van der Waals surface area contributed by atoms with Gasteiger partial charge in [0, 0.05) is 17.3 Å². The predicted octanol–water partition coefficient (Wildman–Crippen LogP) is 3.03. The molecule has 0 N–H and O–H groups in total. The summed E-state index contributed by atoms with van der Waals surface area (Å²) >= 11 is 0.